The predicted molar refractivity (Wildman–Crippen MR) is 106 cm³/mol. The Hall–Kier alpha value is -2.26. The minimum absolute atomic E-state index is 0.292. The SMILES string of the molecule is CCCCCc1nnc(NC(=O)/C=C/c2ccc(NS(C)(=O)=O)cc2)s1. The zero-order chi connectivity index (χ0) is 19.0. The van der Waals surface area contributed by atoms with Crippen molar-refractivity contribution in [1.29, 1.82) is 0 Å². The molecule has 26 heavy (non-hydrogen) atoms. The smallest absolute Gasteiger partial charge is 0.250 e. The molecule has 0 aliphatic carbocycles. The van der Waals surface area contributed by atoms with Crippen LogP contribution in [0.4, 0.5) is 10.8 Å². The maximum atomic E-state index is 12.0. The number of benzene rings is 1. The van der Waals surface area contributed by atoms with Gasteiger partial charge in [-0.25, -0.2) is 8.42 Å². The number of nitrogens with zero attached hydrogens (tertiary/aromatic N) is 2. The molecule has 0 radical (unpaired) electrons. The Morgan fingerprint density at radius 1 is 1.19 bits per heavy atom. The van der Waals surface area contributed by atoms with Crippen LogP contribution >= 0.6 is 11.3 Å². The number of anilines is 2. The van der Waals surface area contributed by atoms with Crippen LogP contribution in [0.1, 0.15) is 36.8 Å². The first-order chi connectivity index (χ1) is 12.4. The number of amides is 1. The van der Waals surface area contributed by atoms with Crippen LogP contribution in [0, 0.1) is 0 Å². The van der Waals surface area contributed by atoms with Gasteiger partial charge >= 0.3 is 0 Å². The van der Waals surface area contributed by atoms with Crippen LogP contribution in [0.15, 0.2) is 30.3 Å². The van der Waals surface area contributed by atoms with Crippen LogP contribution in [-0.2, 0) is 21.2 Å². The van der Waals surface area contributed by atoms with Gasteiger partial charge in [-0.05, 0) is 30.2 Å². The van der Waals surface area contributed by atoms with Crippen LogP contribution in [0.2, 0.25) is 0 Å². The Bertz CT molecular complexity index is 858. The van der Waals surface area contributed by atoms with E-state index in [4.69, 9.17) is 0 Å². The molecule has 0 spiro atoms. The highest BCUT2D eigenvalue weighted by Crippen LogP contribution is 2.18. The van der Waals surface area contributed by atoms with Crippen molar-refractivity contribution in [2.45, 2.75) is 32.6 Å². The van der Waals surface area contributed by atoms with Gasteiger partial charge in [0.15, 0.2) is 0 Å². The Morgan fingerprint density at radius 2 is 1.92 bits per heavy atom. The maximum Gasteiger partial charge on any atom is 0.250 e. The van der Waals surface area contributed by atoms with E-state index in [0.29, 0.717) is 10.8 Å². The summed E-state index contributed by atoms with van der Waals surface area (Å²) in [5, 5.41) is 12.1. The number of carbonyl (C=O) groups is 1. The number of unbranched alkanes of at least 4 members (excludes halogenated alkanes) is 2. The van der Waals surface area contributed by atoms with Crippen molar-refractivity contribution in [2.75, 3.05) is 16.3 Å². The number of aryl methyl sites for hydroxylation is 1. The first-order valence-corrected chi connectivity index (χ1v) is 11.0. The molecule has 140 valence electrons. The Morgan fingerprint density at radius 3 is 2.58 bits per heavy atom. The molecule has 7 nitrogen and oxygen atoms in total. The van der Waals surface area contributed by atoms with Gasteiger partial charge in [-0.15, -0.1) is 10.2 Å². The highest BCUT2D eigenvalue weighted by molar-refractivity contribution is 7.92. The molecule has 0 unspecified atom stereocenters. The molecule has 1 amide bonds. The zero-order valence-corrected chi connectivity index (χ0v) is 16.4. The summed E-state index contributed by atoms with van der Waals surface area (Å²) in [5.41, 5.74) is 1.25. The van der Waals surface area contributed by atoms with Gasteiger partial charge in [0.25, 0.3) is 0 Å². The van der Waals surface area contributed by atoms with Crippen LogP contribution in [0.25, 0.3) is 6.08 Å². The largest absolute Gasteiger partial charge is 0.297 e. The first-order valence-electron chi connectivity index (χ1n) is 8.25. The number of sulfonamides is 1. The lowest BCUT2D eigenvalue weighted by Crippen LogP contribution is -2.09. The average molecular weight is 395 g/mol. The van der Waals surface area contributed by atoms with Gasteiger partial charge in [-0.3, -0.25) is 14.8 Å². The molecule has 1 heterocycles. The third-order valence-electron chi connectivity index (χ3n) is 3.33. The van der Waals surface area contributed by atoms with Crippen molar-refractivity contribution >= 4 is 44.2 Å². The lowest BCUT2D eigenvalue weighted by molar-refractivity contribution is -0.111. The first kappa shape index (κ1) is 20.1. The summed E-state index contributed by atoms with van der Waals surface area (Å²) in [4.78, 5) is 12.0. The molecule has 1 aromatic carbocycles. The molecule has 0 aliphatic rings. The van der Waals surface area contributed by atoms with Gasteiger partial charge in [0, 0.05) is 18.2 Å². The Labute approximate surface area is 157 Å². The summed E-state index contributed by atoms with van der Waals surface area (Å²) in [6.45, 7) is 2.15. The van der Waals surface area contributed by atoms with Crippen molar-refractivity contribution in [1.82, 2.24) is 10.2 Å². The van der Waals surface area contributed by atoms with Gasteiger partial charge in [0.05, 0.1) is 6.26 Å². The summed E-state index contributed by atoms with van der Waals surface area (Å²) in [5.74, 6) is -0.292. The molecule has 0 fully saturated rings. The summed E-state index contributed by atoms with van der Waals surface area (Å²) in [6.07, 6.45) is 8.39. The van der Waals surface area contributed by atoms with E-state index in [1.165, 1.54) is 17.4 Å². The predicted octanol–water partition coefficient (Wildman–Crippen LogP) is 3.29. The standard InChI is InChI=1S/C17H22N4O3S2/c1-3-4-5-6-16-19-20-17(25-16)18-15(22)12-9-13-7-10-14(11-8-13)21-26(2,23)24/h7-12,21H,3-6H2,1-2H3,(H,18,20,22)/b12-9+. The minimum Gasteiger partial charge on any atom is -0.297 e. The molecular weight excluding hydrogens is 372 g/mol. The van der Waals surface area contributed by atoms with Gasteiger partial charge in [0.2, 0.25) is 21.1 Å². The van der Waals surface area contributed by atoms with E-state index >= 15 is 0 Å². The number of carbonyl (C=O) groups excluding carboxylic acids is 1. The lowest BCUT2D eigenvalue weighted by Gasteiger charge is -2.03. The highest BCUT2D eigenvalue weighted by Gasteiger charge is 2.06. The minimum atomic E-state index is -3.30. The fourth-order valence-corrected chi connectivity index (χ4v) is 3.48. The van der Waals surface area contributed by atoms with E-state index in [9.17, 15) is 13.2 Å². The summed E-state index contributed by atoms with van der Waals surface area (Å²) in [6, 6.07) is 6.69. The number of rotatable bonds is 9. The molecule has 0 atom stereocenters. The second kappa shape index (κ2) is 9.44. The molecule has 0 aliphatic heterocycles. The van der Waals surface area contributed by atoms with E-state index in [0.717, 1.165) is 42.5 Å². The number of nitrogens with one attached hydrogen (secondary N) is 2. The third-order valence-corrected chi connectivity index (χ3v) is 4.84. The molecule has 9 heteroatoms. The quantitative estimate of drug-likeness (QED) is 0.502. The van der Waals surface area contributed by atoms with Crippen molar-refractivity contribution in [3.05, 3.63) is 40.9 Å². The fraction of sp³-hybridized carbons (Fsp3) is 0.353. The van der Waals surface area contributed by atoms with E-state index < -0.39 is 10.0 Å². The van der Waals surface area contributed by atoms with Crippen LogP contribution in [-0.4, -0.2) is 30.8 Å². The Kier molecular flexibility index (Phi) is 7.28. The van der Waals surface area contributed by atoms with Crippen molar-refractivity contribution in [3.8, 4) is 0 Å². The molecule has 0 bridgehead atoms. The number of hydrogen-bond donors (Lipinski definition) is 2. The van der Waals surface area contributed by atoms with Gasteiger partial charge in [-0.2, -0.15) is 0 Å². The third kappa shape index (κ3) is 7.32. The summed E-state index contributed by atoms with van der Waals surface area (Å²) in [7, 11) is -3.30. The van der Waals surface area contributed by atoms with Gasteiger partial charge in [-0.1, -0.05) is 43.2 Å². The monoisotopic (exact) mass is 394 g/mol. The molecule has 0 saturated carbocycles. The van der Waals surface area contributed by atoms with Gasteiger partial charge in [0.1, 0.15) is 5.01 Å². The summed E-state index contributed by atoms with van der Waals surface area (Å²) >= 11 is 1.39. The fourth-order valence-electron chi connectivity index (χ4n) is 2.13. The topological polar surface area (TPSA) is 101 Å². The van der Waals surface area contributed by atoms with Gasteiger partial charge < -0.3 is 0 Å². The number of aromatic nitrogens is 2. The van der Waals surface area contributed by atoms with Crippen LogP contribution in [0.5, 0.6) is 0 Å². The van der Waals surface area contributed by atoms with Crippen LogP contribution in [0.3, 0.4) is 0 Å². The molecule has 2 N–H and O–H groups in total. The maximum absolute atomic E-state index is 12.0. The number of hydrogen-bond acceptors (Lipinski definition) is 6. The van der Waals surface area contributed by atoms with E-state index in [1.807, 2.05) is 0 Å². The lowest BCUT2D eigenvalue weighted by atomic mass is 10.2. The van der Waals surface area contributed by atoms with Crippen LogP contribution < -0.4 is 10.0 Å². The molecule has 2 rings (SSSR count). The van der Waals surface area contributed by atoms with Crippen molar-refractivity contribution < 1.29 is 13.2 Å². The van der Waals surface area contributed by atoms with E-state index in [2.05, 4.69) is 27.2 Å². The normalized spacial score (nSPS) is 11.6. The second-order valence-electron chi connectivity index (χ2n) is 5.78. The van der Waals surface area contributed by atoms with E-state index in [1.54, 1.807) is 30.3 Å². The zero-order valence-electron chi connectivity index (χ0n) is 14.7. The molecular formula is C17H22N4O3S2. The van der Waals surface area contributed by atoms with E-state index in [-0.39, 0.29) is 5.91 Å². The Balaban J connectivity index is 1.87. The summed E-state index contributed by atoms with van der Waals surface area (Å²) < 4.78 is 24.7. The van der Waals surface area contributed by atoms with Crippen molar-refractivity contribution in [3.63, 3.8) is 0 Å². The highest BCUT2D eigenvalue weighted by atomic mass is 32.2. The molecule has 2 aromatic rings. The molecule has 0 saturated heterocycles. The second-order valence-corrected chi connectivity index (χ2v) is 8.59. The average Bonchev–Trinajstić information content (AvgIpc) is 3.00. The molecule has 1 aromatic heterocycles. The van der Waals surface area contributed by atoms with Crippen molar-refractivity contribution in [2.24, 2.45) is 0 Å².